The predicted molar refractivity (Wildman–Crippen MR) is 34.6 cm³/mol. The van der Waals surface area contributed by atoms with Gasteiger partial charge in [-0.3, -0.25) is 0 Å². The van der Waals surface area contributed by atoms with Crippen molar-refractivity contribution >= 4 is 0 Å². The monoisotopic (exact) mass is 144 g/mol. The van der Waals surface area contributed by atoms with Crippen LogP contribution in [-0.4, -0.2) is 32.7 Å². The third-order valence-corrected chi connectivity index (χ3v) is 2.10. The molecule has 10 heavy (non-hydrogen) atoms. The van der Waals surface area contributed by atoms with Gasteiger partial charge < -0.3 is 14.2 Å². The van der Waals surface area contributed by atoms with Crippen LogP contribution in [0, 0.1) is 5.92 Å². The van der Waals surface area contributed by atoms with Crippen LogP contribution >= 0.6 is 0 Å². The molecule has 0 bridgehead atoms. The first-order valence-corrected chi connectivity index (χ1v) is 3.74. The van der Waals surface area contributed by atoms with E-state index in [4.69, 9.17) is 14.2 Å². The van der Waals surface area contributed by atoms with Crippen molar-refractivity contribution < 1.29 is 14.2 Å². The Morgan fingerprint density at radius 2 is 2.00 bits per heavy atom. The summed E-state index contributed by atoms with van der Waals surface area (Å²) in [6.07, 6.45) is 1.44. The summed E-state index contributed by atoms with van der Waals surface area (Å²) in [7, 11) is 0. The van der Waals surface area contributed by atoms with E-state index in [0.717, 1.165) is 26.2 Å². The molecule has 2 aliphatic rings. The molecule has 0 spiro atoms. The third-order valence-electron chi connectivity index (χ3n) is 2.10. The van der Waals surface area contributed by atoms with Crippen molar-refractivity contribution in [2.24, 2.45) is 5.92 Å². The topological polar surface area (TPSA) is 27.7 Å². The molecule has 0 aliphatic carbocycles. The molecule has 2 rings (SSSR count). The summed E-state index contributed by atoms with van der Waals surface area (Å²) in [5.41, 5.74) is 0. The Labute approximate surface area is 60.3 Å². The summed E-state index contributed by atoms with van der Waals surface area (Å²) in [6.45, 7) is 2.94. The Morgan fingerprint density at radius 3 is 2.90 bits per heavy atom. The van der Waals surface area contributed by atoms with E-state index in [2.05, 4.69) is 0 Å². The first-order valence-electron chi connectivity index (χ1n) is 3.74. The Bertz CT molecular complexity index is 89.4. The van der Waals surface area contributed by atoms with Crippen molar-refractivity contribution in [2.45, 2.75) is 12.5 Å². The van der Waals surface area contributed by atoms with E-state index in [-0.39, 0.29) is 0 Å². The minimum absolute atomic E-state index is 0.405. The summed E-state index contributed by atoms with van der Waals surface area (Å²) < 4.78 is 15.8. The van der Waals surface area contributed by atoms with Gasteiger partial charge in [-0.25, -0.2) is 0 Å². The van der Waals surface area contributed by atoms with Crippen molar-refractivity contribution in [3.63, 3.8) is 0 Å². The van der Waals surface area contributed by atoms with Crippen LogP contribution in [0.15, 0.2) is 0 Å². The van der Waals surface area contributed by atoms with Crippen LogP contribution < -0.4 is 0 Å². The number of hydrogen-bond acceptors (Lipinski definition) is 3. The van der Waals surface area contributed by atoms with Crippen LogP contribution in [0.3, 0.4) is 0 Å². The van der Waals surface area contributed by atoms with Crippen molar-refractivity contribution in [2.75, 3.05) is 26.6 Å². The quantitative estimate of drug-likeness (QED) is 0.492. The number of hydrogen-bond donors (Lipinski definition) is 0. The van der Waals surface area contributed by atoms with Gasteiger partial charge >= 0.3 is 0 Å². The van der Waals surface area contributed by atoms with Crippen LogP contribution in [-0.2, 0) is 14.2 Å². The van der Waals surface area contributed by atoms with Gasteiger partial charge in [0.2, 0.25) is 0 Å². The maximum Gasteiger partial charge on any atom is 0.147 e. The van der Waals surface area contributed by atoms with Gasteiger partial charge in [0.15, 0.2) is 0 Å². The molecule has 0 aromatic heterocycles. The fourth-order valence-electron chi connectivity index (χ4n) is 1.49. The van der Waals surface area contributed by atoms with E-state index < -0.39 is 0 Å². The van der Waals surface area contributed by atoms with Crippen LogP contribution in [0.25, 0.3) is 0 Å². The molecule has 0 radical (unpaired) electrons. The first-order chi connectivity index (χ1) is 4.97. The Kier molecular flexibility index (Phi) is 1.88. The average Bonchev–Trinajstić information content (AvgIpc) is 2.05. The minimum Gasteiger partial charge on any atom is -0.381 e. The summed E-state index contributed by atoms with van der Waals surface area (Å²) in [6, 6.07) is 0. The Balaban J connectivity index is 1.93. The van der Waals surface area contributed by atoms with Gasteiger partial charge in [-0.1, -0.05) is 0 Å². The molecule has 0 amide bonds. The number of fused-ring (bicyclic) bond motifs is 1. The molecule has 0 aromatic carbocycles. The second-order valence-corrected chi connectivity index (χ2v) is 2.82. The zero-order chi connectivity index (χ0) is 6.81. The second-order valence-electron chi connectivity index (χ2n) is 2.82. The molecular formula is C7H12O3. The normalized spacial score (nSPS) is 40.8. The lowest BCUT2D eigenvalue weighted by Crippen LogP contribution is -2.41. The highest BCUT2D eigenvalue weighted by molar-refractivity contribution is 4.75. The van der Waals surface area contributed by atoms with Gasteiger partial charge in [-0.15, -0.1) is 0 Å². The molecule has 2 fully saturated rings. The van der Waals surface area contributed by atoms with Gasteiger partial charge in [-0.05, 0) is 6.42 Å². The van der Waals surface area contributed by atoms with Crippen molar-refractivity contribution in [3.05, 3.63) is 0 Å². The SMILES string of the molecule is C1CC2OCOCC2CO1. The highest BCUT2D eigenvalue weighted by Crippen LogP contribution is 2.21. The van der Waals surface area contributed by atoms with E-state index in [1.165, 1.54) is 0 Å². The van der Waals surface area contributed by atoms with Crippen molar-refractivity contribution in [3.8, 4) is 0 Å². The van der Waals surface area contributed by atoms with Crippen LogP contribution in [0.4, 0.5) is 0 Å². The molecule has 58 valence electrons. The van der Waals surface area contributed by atoms with Crippen LogP contribution in [0.1, 0.15) is 6.42 Å². The smallest absolute Gasteiger partial charge is 0.147 e. The molecule has 2 unspecified atom stereocenters. The van der Waals surface area contributed by atoms with Gasteiger partial charge in [0, 0.05) is 12.5 Å². The van der Waals surface area contributed by atoms with E-state index >= 15 is 0 Å². The molecular weight excluding hydrogens is 132 g/mol. The lowest BCUT2D eigenvalue weighted by Gasteiger charge is -2.34. The fraction of sp³-hybridized carbons (Fsp3) is 1.00. The zero-order valence-electron chi connectivity index (χ0n) is 5.91. The lowest BCUT2D eigenvalue weighted by molar-refractivity contribution is -0.202. The van der Waals surface area contributed by atoms with Crippen molar-refractivity contribution in [1.29, 1.82) is 0 Å². The highest BCUT2D eigenvalue weighted by Gasteiger charge is 2.29. The summed E-state index contributed by atoms with van der Waals surface area (Å²) >= 11 is 0. The standard InChI is InChI=1S/C7H12O3/c1-2-8-3-6-4-9-5-10-7(1)6/h6-7H,1-5H2. The van der Waals surface area contributed by atoms with Crippen molar-refractivity contribution in [1.82, 2.24) is 0 Å². The number of rotatable bonds is 0. The molecule has 0 saturated carbocycles. The Morgan fingerprint density at radius 1 is 1.10 bits per heavy atom. The van der Waals surface area contributed by atoms with Gasteiger partial charge in [0.05, 0.1) is 19.3 Å². The first kappa shape index (κ1) is 6.58. The lowest BCUT2D eigenvalue weighted by atomic mass is 9.99. The fourth-order valence-corrected chi connectivity index (χ4v) is 1.49. The van der Waals surface area contributed by atoms with E-state index in [0.29, 0.717) is 18.8 Å². The summed E-state index contributed by atoms with van der Waals surface area (Å²) in [5.74, 6) is 0.488. The van der Waals surface area contributed by atoms with Crippen LogP contribution in [0.5, 0.6) is 0 Å². The average molecular weight is 144 g/mol. The summed E-state index contributed by atoms with van der Waals surface area (Å²) in [5, 5.41) is 0. The largest absolute Gasteiger partial charge is 0.381 e. The Hall–Kier alpha value is -0.120. The molecule has 2 atom stereocenters. The van der Waals surface area contributed by atoms with E-state index in [9.17, 15) is 0 Å². The molecule has 2 saturated heterocycles. The van der Waals surface area contributed by atoms with Gasteiger partial charge in [-0.2, -0.15) is 0 Å². The van der Waals surface area contributed by atoms with Gasteiger partial charge in [0.1, 0.15) is 6.79 Å². The molecule has 2 heterocycles. The minimum atomic E-state index is 0.405. The zero-order valence-corrected chi connectivity index (χ0v) is 5.91. The molecule has 0 N–H and O–H groups in total. The maximum absolute atomic E-state index is 5.38. The van der Waals surface area contributed by atoms with E-state index in [1.807, 2.05) is 0 Å². The maximum atomic E-state index is 5.38. The molecule has 3 heteroatoms. The molecule has 3 nitrogen and oxygen atoms in total. The van der Waals surface area contributed by atoms with Crippen LogP contribution in [0.2, 0.25) is 0 Å². The highest BCUT2D eigenvalue weighted by atomic mass is 16.7. The molecule has 2 aliphatic heterocycles. The molecule has 0 aromatic rings. The number of ether oxygens (including phenoxy) is 3. The second kappa shape index (κ2) is 2.86. The van der Waals surface area contributed by atoms with Gasteiger partial charge in [0.25, 0.3) is 0 Å². The summed E-state index contributed by atoms with van der Waals surface area (Å²) in [4.78, 5) is 0. The third kappa shape index (κ3) is 1.17. The van der Waals surface area contributed by atoms with E-state index in [1.54, 1.807) is 0 Å². The predicted octanol–water partition coefficient (Wildman–Crippen LogP) is 0.396.